The molecule has 6 heteroatoms. The Morgan fingerprint density at radius 3 is 2.86 bits per heavy atom. The normalized spacial score (nSPS) is 20.5. The van der Waals surface area contributed by atoms with Crippen LogP contribution in [0.4, 0.5) is 0 Å². The Kier molecular flexibility index (Phi) is 4.22. The highest BCUT2D eigenvalue weighted by Crippen LogP contribution is 2.24. The Balaban J connectivity index is 1.96. The molecule has 0 radical (unpaired) electrons. The third-order valence-electron chi connectivity index (χ3n) is 4.45. The molecule has 1 atom stereocenters. The number of fused-ring (bicyclic) bond motifs is 1. The van der Waals surface area contributed by atoms with Crippen LogP contribution in [0.3, 0.4) is 0 Å². The van der Waals surface area contributed by atoms with Crippen LogP contribution >= 0.6 is 11.6 Å². The second-order valence-electron chi connectivity index (χ2n) is 6.23. The van der Waals surface area contributed by atoms with Gasteiger partial charge in [0.05, 0.1) is 5.69 Å². The van der Waals surface area contributed by atoms with Crippen molar-refractivity contribution >= 4 is 22.8 Å². The fourth-order valence-corrected chi connectivity index (χ4v) is 3.70. The van der Waals surface area contributed by atoms with E-state index in [-0.39, 0.29) is 0 Å². The van der Waals surface area contributed by atoms with Crippen LogP contribution in [-0.4, -0.2) is 50.2 Å². The largest absolute Gasteiger partial charge is 0.313 e. The number of rotatable bonds is 4. The third-order valence-corrected chi connectivity index (χ3v) is 4.64. The van der Waals surface area contributed by atoms with E-state index in [1.54, 1.807) is 0 Å². The smallest absolute Gasteiger partial charge is 0.158 e. The molecular weight excluding hydrogens is 286 g/mol. The Hall–Kier alpha value is -1.07. The van der Waals surface area contributed by atoms with Crippen LogP contribution in [0.25, 0.3) is 11.2 Å². The lowest BCUT2D eigenvalue weighted by atomic mass is 9.98. The van der Waals surface area contributed by atoms with E-state index < -0.39 is 0 Å². The Bertz CT molecular complexity index is 630. The maximum absolute atomic E-state index is 5.96. The number of piperidine rings is 1. The molecule has 3 rings (SSSR count). The second kappa shape index (κ2) is 5.97. The van der Waals surface area contributed by atoms with Crippen molar-refractivity contribution in [3.8, 4) is 0 Å². The van der Waals surface area contributed by atoms with Gasteiger partial charge in [0.1, 0.15) is 11.3 Å². The predicted octanol–water partition coefficient (Wildman–Crippen LogP) is 2.20. The van der Waals surface area contributed by atoms with Gasteiger partial charge in [0.15, 0.2) is 5.65 Å². The van der Waals surface area contributed by atoms with E-state index in [1.165, 1.54) is 19.4 Å². The molecule has 3 heterocycles. The van der Waals surface area contributed by atoms with E-state index in [0.29, 0.717) is 11.8 Å². The lowest BCUT2D eigenvalue weighted by Gasteiger charge is -2.30. The zero-order valence-electron chi connectivity index (χ0n) is 13.1. The number of hydrogen-bond donors (Lipinski definition) is 0. The predicted molar refractivity (Wildman–Crippen MR) is 85.9 cm³/mol. The molecular formula is C15H24ClN5. The number of aryl methyl sites for hydroxylation is 3. The molecule has 0 aromatic carbocycles. The van der Waals surface area contributed by atoms with Crippen LogP contribution in [0.15, 0.2) is 0 Å². The van der Waals surface area contributed by atoms with E-state index in [9.17, 15) is 0 Å². The molecule has 1 aliphatic rings. The molecule has 1 aliphatic heterocycles. The highest BCUT2D eigenvalue weighted by Gasteiger charge is 2.22. The molecule has 5 nitrogen and oxygen atoms in total. The molecule has 0 bridgehead atoms. The van der Waals surface area contributed by atoms with Gasteiger partial charge in [-0.05, 0) is 39.3 Å². The van der Waals surface area contributed by atoms with Gasteiger partial charge >= 0.3 is 0 Å². The summed E-state index contributed by atoms with van der Waals surface area (Å²) in [7, 11) is 4.22. The zero-order valence-corrected chi connectivity index (χ0v) is 13.9. The number of nitrogens with zero attached hydrogens (tertiary/aromatic N) is 5. The minimum atomic E-state index is 0.611. The standard InChI is InChI=1S/C15H24ClN5/c1-11-14-15(20(3)18-11)21(13(17-14)6-7-16)10-12-5-4-8-19(2)9-12/h12H,4-10H2,1-3H3. The van der Waals surface area contributed by atoms with Crippen molar-refractivity contribution in [2.45, 2.75) is 32.7 Å². The average molecular weight is 310 g/mol. The molecule has 0 spiro atoms. The molecule has 0 amide bonds. The van der Waals surface area contributed by atoms with Crippen molar-refractivity contribution in [2.75, 3.05) is 26.0 Å². The second-order valence-corrected chi connectivity index (χ2v) is 6.61. The van der Waals surface area contributed by atoms with Crippen molar-refractivity contribution in [1.82, 2.24) is 24.2 Å². The van der Waals surface area contributed by atoms with Crippen molar-refractivity contribution in [1.29, 1.82) is 0 Å². The summed E-state index contributed by atoms with van der Waals surface area (Å²) in [5.74, 6) is 2.40. The number of alkyl halides is 1. The monoisotopic (exact) mass is 309 g/mol. The fraction of sp³-hybridized carbons (Fsp3) is 0.733. The van der Waals surface area contributed by atoms with Gasteiger partial charge in [-0.15, -0.1) is 11.6 Å². The summed E-state index contributed by atoms with van der Waals surface area (Å²) < 4.78 is 4.31. The van der Waals surface area contributed by atoms with Gasteiger partial charge < -0.3 is 9.47 Å². The molecule has 2 aromatic rings. The zero-order chi connectivity index (χ0) is 15.0. The molecule has 0 aliphatic carbocycles. The van der Waals surface area contributed by atoms with Gasteiger partial charge in [-0.3, -0.25) is 4.68 Å². The van der Waals surface area contributed by atoms with Gasteiger partial charge in [-0.2, -0.15) is 5.10 Å². The van der Waals surface area contributed by atoms with Gasteiger partial charge in [0, 0.05) is 32.4 Å². The van der Waals surface area contributed by atoms with Crippen LogP contribution in [-0.2, 0) is 20.0 Å². The molecule has 0 N–H and O–H groups in total. The summed E-state index contributed by atoms with van der Waals surface area (Å²) in [6.45, 7) is 5.43. The van der Waals surface area contributed by atoms with Crippen LogP contribution < -0.4 is 0 Å². The lowest BCUT2D eigenvalue weighted by Crippen LogP contribution is -2.34. The van der Waals surface area contributed by atoms with Gasteiger partial charge in [-0.1, -0.05) is 0 Å². The molecule has 0 saturated carbocycles. The highest BCUT2D eigenvalue weighted by atomic mass is 35.5. The first-order chi connectivity index (χ1) is 10.1. The maximum atomic E-state index is 5.96. The molecule has 2 aromatic heterocycles. The first kappa shape index (κ1) is 14.9. The minimum Gasteiger partial charge on any atom is -0.313 e. The van der Waals surface area contributed by atoms with Crippen LogP contribution in [0.2, 0.25) is 0 Å². The topological polar surface area (TPSA) is 38.9 Å². The first-order valence-corrected chi connectivity index (χ1v) is 8.26. The van der Waals surface area contributed by atoms with Crippen LogP contribution in [0, 0.1) is 12.8 Å². The van der Waals surface area contributed by atoms with Gasteiger partial charge in [0.2, 0.25) is 0 Å². The lowest BCUT2D eigenvalue weighted by molar-refractivity contribution is 0.194. The summed E-state index contributed by atoms with van der Waals surface area (Å²) in [5.41, 5.74) is 3.17. The van der Waals surface area contributed by atoms with E-state index >= 15 is 0 Å². The number of halogens is 1. The average Bonchev–Trinajstić information content (AvgIpc) is 2.91. The van der Waals surface area contributed by atoms with Crippen molar-refractivity contribution in [2.24, 2.45) is 13.0 Å². The summed E-state index contributed by atoms with van der Waals surface area (Å²) in [4.78, 5) is 7.22. The fourth-order valence-electron chi connectivity index (χ4n) is 3.53. The summed E-state index contributed by atoms with van der Waals surface area (Å²) in [6.07, 6.45) is 3.40. The number of likely N-dealkylation sites (tertiary alicyclic amines) is 1. The number of aromatic nitrogens is 4. The molecule has 1 saturated heterocycles. The third kappa shape index (κ3) is 2.81. The minimum absolute atomic E-state index is 0.611. The Morgan fingerprint density at radius 1 is 1.33 bits per heavy atom. The van der Waals surface area contributed by atoms with Crippen LogP contribution in [0.5, 0.6) is 0 Å². The quantitative estimate of drug-likeness (QED) is 0.813. The maximum Gasteiger partial charge on any atom is 0.158 e. The molecule has 21 heavy (non-hydrogen) atoms. The Morgan fingerprint density at radius 2 is 2.14 bits per heavy atom. The van der Waals surface area contributed by atoms with Crippen LogP contribution in [0.1, 0.15) is 24.4 Å². The molecule has 1 unspecified atom stereocenters. The first-order valence-electron chi connectivity index (χ1n) is 7.73. The van der Waals surface area contributed by atoms with Crippen molar-refractivity contribution in [3.05, 3.63) is 11.5 Å². The van der Waals surface area contributed by atoms with Gasteiger partial charge in [-0.25, -0.2) is 4.98 Å². The van der Waals surface area contributed by atoms with E-state index in [2.05, 4.69) is 21.6 Å². The van der Waals surface area contributed by atoms with E-state index in [1.807, 2.05) is 18.7 Å². The summed E-state index contributed by atoms with van der Waals surface area (Å²) >= 11 is 5.96. The molecule has 116 valence electrons. The van der Waals surface area contributed by atoms with E-state index in [0.717, 1.165) is 42.2 Å². The van der Waals surface area contributed by atoms with Gasteiger partial charge in [0.25, 0.3) is 0 Å². The number of hydrogen-bond acceptors (Lipinski definition) is 3. The SMILES string of the molecule is Cc1nn(C)c2c1nc(CCCl)n2CC1CCCN(C)C1. The summed E-state index contributed by atoms with van der Waals surface area (Å²) in [6, 6.07) is 0. The van der Waals surface area contributed by atoms with E-state index in [4.69, 9.17) is 16.6 Å². The highest BCUT2D eigenvalue weighted by molar-refractivity contribution is 6.17. The Labute approximate surface area is 130 Å². The summed E-state index contributed by atoms with van der Waals surface area (Å²) in [5, 5.41) is 4.51. The van der Waals surface area contributed by atoms with Crippen molar-refractivity contribution in [3.63, 3.8) is 0 Å². The molecule has 1 fully saturated rings. The number of imidazole rings is 1. The van der Waals surface area contributed by atoms with Crippen molar-refractivity contribution < 1.29 is 0 Å².